The fraction of sp³-hybridized carbons (Fsp3) is 0.929. The number of likely N-dealkylation sites (tertiary alicyclic amines) is 1. The molecule has 1 atom stereocenters. The molecule has 1 unspecified atom stereocenters. The lowest BCUT2D eigenvalue weighted by Gasteiger charge is -2.23. The number of nitrogens with zero attached hydrogens (tertiary/aromatic N) is 1. The zero-order valence-corrected chi connectivity index (χ0v) is 12.4. The van der Waals surface area contributed by atoms with Gasteiger partial charge in [0.25, 0.3) is 0 Å². The molecule has 0 aromatic carbocycles. The summed E-state index contributed by atoms with van der Waals surface area (Å²) in [6.45, 7) is 5.12. The fourth-order valence-corrected chi connectivity index (χ4v) is 3.85. The lowest BCUT2D eigenvalue weighted by Crippen LogP contribution is -2.41. The lowest BCUT2D eigenvalue weighted by atomic mass is 9.87. The molecule has 19 heavy (non-hydrogen) atoms. The highest BCUT2D eigenvalue weighted by Crippen LogP contribution is 2.35. The van der Waals surface area contributed by atoms with Gasteiger partial charge in [0.2, 0.25) is 5.91 Å². The summed E-state index contributed by atoms with van der Waals surface area (Å²) in [5.74, 6) is 0.241. The standard InChI is InChI=1S/C14H25N3O.ClH/c18-13(16-12-3-1-2-4-12)9-17-8-6-14(11-17)5-7-15-10-14;/h12,15H,1-11H2,(H,16,18);1H. The van der Waals surface area contributed by atoms with E-state index in [2.05, 4.69) is 15.5 Å². The molecule has 4 nitrogen and oxygen atoms in total. The van der Waals surface area contributed by atoms with E-state index in [0.717, 1.165) is 26.2 Å². The molecule has 5 heteroatoms. The monoisotopic (exact) mass is 287 g/mol. The smallest absolute Gasteiger partial charge is 0.234 e. The molecule has 1 amide bonds. The van der Waals surface area contributed by atoms with Crippen molar-refractivity contribution in [1.82, 2.24) is 15.5 Å². The predicted octanol–water partition coefficient (Wildman–Crippen LogP) is 1.15. The number of halogens is 1. The molecule has 2 saturated heterocycles. The molecule has 2 N–H and O–H groups in total. The van der Waals surface area contributed by atoms with Gasteiger partial charge >= 0.3 is 0 Å². The summed E-state index contributed by atoms with van der Waals surface area (Å²) < 4.78 is 0. The average molecular weight is 288 g/mol. The highest BCUT2D eigenvalue weighted by atomic mass is 35.5. The molecule has 3 rings (SSSR count). The zero-order chi connectivity index (χ0) is 12.4. The number of rotatable bonds is 3. The van der Waals surface area contributed by atoms with Crippen molar-refractivity contribution in [3.8, 4) is 0 Å². The van der Waals surface area contributed by atoms with Crippen LogP contribution in [0.25, 0.3) is 0 Å². The third-order valence-electron chi connectivity index (χ3n) is 4.94. The van der Waals surface area contributed by atoms with Crippen molar-refractivity contribution in [3.05, 3.63) is 0 Å². The molecule has 3 aliphatic rings. The second kappa shape index (κ2) is 6.42. The average Bonchev–Trinajstić information content (AvgIpc) is 3.04. The van der Waals surface area contributed by atoms with Gasteiger partial charge in [-0.15, -0.1) is 12.4 Å². The predicted molar refractivity (Wildman–Crippen MR) is 78.6 cm³/mol. The molecular weight excluding hydrogens is 262 g/mol. The lowest BCUT2D eigenvalue weighted by molar-refractivity contribution is -0.122. The van der Waals surface area contributed by atoms with Crippen LogP contribution < -0.4 is 10.6 Å². The number of carbonyl (C=O) groups excluding carboxylic acids is 1. The van der Waals surface area contributed by atoms with E-state index in [9.17, 15) is 4.79 Å². The van der Waals surface area contributed by atoms with Crippen LogP contribution in [0.5, 0.6) is 0 Å². The molecule has 1 spiro atoms. The van der Waals surface area contributed by atoms with Crippen molar-refractivity contribution in [2.75, 3.05) is 32.7 Å². The van der Waals surface area contributed by atoms with Crippen LogP contribution in [0.3, 0.4) is 0 Å². The fourth-order valence-electron chi connectivity index (χ4n) is 3.85. The second-order valence-electron chi connectivity index (χ2n) is 6.44. The molecule has 2 aliphatic heterocycles. The summed E-state index contributed by atoms with van der Waals surface area (Å²) in [6.07, 6.45) is 7.47. The van der Waals surface area contributed by atoms with Gasteiger partial charge in [-0.05, 0) is 44.2 Å². The minimum Gasteiger partial charge on any atom is -0.352 e. The minimum absolute atomic E-state index is 0. The van der Waals surface area contributed by atoms with E-state index in [1.54, 1.807) is 0 Å². The van der Waals surface area contributed by atoms with Crippen molar-refractivity contribution < 1.29 is 4.79 Å². The van der Waals surface area contributed by atoms with Gasteiger partial charge in [-0.1, -0.05) is 12.8 Å². The normalized spacial score (nSPS) is 31.8. The largest absolute Gasteiger partial charge is 0.352 e. The first kappa shape index (κ1) is 15.1. The Hall–Kier alpha value is -0.320. The Morgan fingerprint density at radius 2 is 2.11 bits per heavy atom. The minimum atomic E-state index is 0. The quantitative estimate of drug-likeness (QED) is 0.819. The SMILES string of the molecule is Cl.O=C(CN1CCC2(CCNC2)C1)NC1CCCC1. The number of hydrogen-bond donors (Lipinski definition) is 2. The summed E-state index contributed by atoms with van der Waals surface area (Å²) in [5.41, 5.74) is 0.480. The molecule has 1 aliphatic carbocycles. The Bertz CT molecular complexity index is 312. The van der Waals surface area contributed by atoms with E-state index in [1.807, 2.05) is 0 Å². The Labute approximate surface area is 122 Å². The van der Waals surface area contributed by atoms with Crippen LogP contribution in [0.1, 0.15) is 38.5 Å². The van der Waals surface area contributed by atoms with Crippen LogP contribution >= 0.6 is 12.4 Å². The van der Waals surface area contributed by atoms with Gasteiger partial charge in [0.05, 0.1) is 6.54 Å². The summed E-state index contributed by atoms with van der Waals surface area (Å²) in [7, 11) is 0. The highest BCUT2D eigenvalue weighted by Gasteiger charge is 2.40. The number of hydrogen-bond acceptors (Lipinski definition) is 3. The first-order valence-corrected chi connectivity index (χ1v) is 7.48. The van der Waals surface area contributed by atoms with Gasteiger partial charge in [0, 0.05) is 19.1 Å². The molecule has 110 valence electrons. The molecular formula is C14H26ClN3O. The van der Waals surface area contributed by atoms with Crippen molar-refractivity contribution in [2.24, 2.45) is 5.41 Å². The first-order chi connectivity index (χ1) is 8.76. The maximum atomic E-state index is 12.0. The summed E-state index contributed by atoms with van der Waals surface area (Å²) in [5, 5.41) is 6.65. The highest BCUT2D eigenvalue weighted by molar-refractivity contribution is 5.85. The summed E-state index contributed by atoms with van der Waals surface area (Å²) >= 11 is 0. The number of amides is 1. The Morgan fingerprint density at radius 1 is 1.32 bits per heavy atom. The molecule has 0 bridgehead atoms. The third kappa shape index (κ3) is 3.61. The van der Waals surface area contributed by atoms with Gasteiger partial charge < -0.3 is 10.6 Å². The molecule has 0 radical (unpaired) electrons. The molecule has 3 fully saturated rings. The zero-order valence-electron chi connectivity index (χ0n) is 11.6. The maximum absolute atomic E-state index is 12.0. The van der Waals surface area contributed by atoms with Crippen molar-refractivity contribution in [2.45, 2.75) is 44.6 Å². The van der Waals surface area contributed by atoms with Crippen LogP contribution in [0.4, 0.5) is 0 Å². The van der Waals surface area contributed by atoms with Crippen LogP contribution in [0.15, 0.2) is 0 Å². The van der Waals surface area contributed by atoms with E-state index < -0.39 is 0 Å². The van der Waals surface area contributed by atoms with E-state index in [4.69, 9.17) is 0 Å². The van der Waals surface area contributed by atoms with E-state index >= 15 is 0 Å². The van der Waals surface area contributed by atoms with Crippen molar-refractivity contribution >= 4 is 18.3 Å². The second-order valence-corrected chi connectivity index (χ2v) is 6.44. The van der Waals surface area contributed by atoms with Gasteiger partial charge in [0.1, 0.15) is 0 Å². The van der Waals surface area contributed by atoms with Crippen LogP contribution in [0, 0.1) is 5.41 Å². The molecule has 0 aromatic rings. The Morgan fingerprint density at radius 3 is 2.79 bits per heavy atom. The van der Waals surface area contributed by atoms with Crippen molar-refractivity contribution in [3.63, 3.8) is 0 Å². The van der Waals surface area contributed by atoms with Gasteiger partial charge in [-0.3, -0.25) is 9.69 Å². The van der Waals surface area contributed by atoms with Gasteiger partial charge in [-0.25, -0.2) is 0 Å². The van der Waals surface area contributed by atoms with E-state index in [-0.39, 0.29) is 18.3 Å². The molecule has 1 saturated carbocycles. The first-order valence-electron chi connectivity index (χ1n) is 7.48. The van der Waals surface area contributed by atoms with Crippen molar-refractivity contribution in [1.29, 1.82) is 0 Å². The van der Waals surface area contributed by atoms with Crippen LogP contribution in [-0.4, -0.2) is 49.6 Å². The molecule has 2 heterocycles. The van der Waals surface area contributed by atoms with Gasteiger partial charge in [-0.2, -0.15) is 0 Å². The van der Waals surface area contributed by atoms with E-state index in [1.165, 1.54) is 38.5 Å². The van der Waals surface area contributed by atoms with E-state index in [0.29, 0.717) is 18.0 Å². The number of nitrogens with one attached hydrogen (secondary N) is 2. The van der Waals surface area contributed by atoms with Gasteiger partial charge in [0.15, 0.2) is 0 Å². The summed E-state index contributed by atoms with van der Waals surface area (Å²) in [4.78, 5) is 14.3. The van der Waals surface area contributed by atoms with Crippen LogP contribution in [0.2, 0.25) is 0 Å². The number of carbonyl (C=O) groups is 1. The maximum Gasteiger partial charge on any atom is 0.234 e. The summed E-state index contributed by atoms with van der Waals surface area (Å²) in [6, 6.07) is 0.460. The third-order valence-corrected chi connectivity index (χ3v) is 4.94. The topological polar surface area (TPSA) is 44.4 Å². The van der Waals surface area contributed by atoms with Crippen LogP contribution in [-0.2, 0) is 4.79 Å². The Balaban J connectivity index is 0.00000133. The Kier molecular flexibility index (Phi) is 5.09. The molecule has 0 aromatic heterocycles.